The Morgan fingerprint density at radius 2 is 1.90 bits per heavy atom. The predicted octanol–water partition coefficient (Wildman–Crippen LogP) is 2.12. The fraction of sp³-hybridized carbons (Fsp3) is 0.250. The summed E-state index contributed by atoms with van der Waals surface area (Å²) in [7, 11) is 0. The quantitative estimate of drug-likeness (QED) is 0.740. The zero-order chi connectivity index (χ0) is 15.7. The van der Waals surface area contributed by atoms with Crippen molar-refractivity contribution in [1.29, 1.82) is 0 Å². The number of Topliss-reactive ketones (excluding diaryl/α,β-unsaturated/α-hetero) is 1. The molecule has 1 aromatic rings. The van der Waals surface area contributed by atoms with Crippen molar-refractivity contribution in [2.24, 2.45) is 0 Å². The molecule has 0 radical (unpaired) electrons. The van der Waals surface area contributed by atoms with Gasteiger partial charge in [0.1, 0.15) is 11.5 Å². The molecule has 5 heteroatoms. The third kappa shape index (κ3) is 2.87. The van der Waals surface area contributed by atoms with Crippen molar-refractivity contribution < 1.29 is 24.9 Å². The van der Waals surface area contributed by atoms with E-state index < -0.39 is 23.4 Å². The first-order valence-corrected chi connectivity index (χ1v) is 6.49. The molecular weight excluding hydrogens is 272 g/mol. The van der Waals surface area contributed by atoms with Gasteiger partial charge >= 0.3 is 0 Å². The third-order valence-corrected chi connectivity index (χ3v) is 3.25. The summed E-state index contributed by atoms with van der Waals surface area (Å²) in [4.78, 5) is 24.3. The minimum absolute atomic E-state index is 0.0500. The van der Waals surface area contributed by atoms with Crippen LogP contribution in [0, 0.1) is 0 Å². The van der Waals surface area contributed by atoms with Crippen molar-refractivity contribution in [3.63, 3.8) is 0 Å². The maximum atomic E-state index is 12.3. The molecule has 1 atom stereocenters. The van der Waals surface area contributed by atoms with E-state index in [1.54, 1.807) is 6.08 Å². The Labute approximate surface area is 121 Å². The molecule has 21 heavy (non-hydrogen) atoms. The Morgan fingerprint density at radius 1 is 1.24 bits per heavy atom. The van der Waals surface area contributed by atoms with E-state index in [1.807, 2.05) is 13.8 Å². The van der Waals surface area contributed by atoms with Gasteiger partial charge in [-0.2, -0.15) is 0 Å². The van der Waals surface area contributed by atoms with Gasteiger partial charge in [-0.25, -0.2) is 0 Å². The van der Waals surface area contributed by atoms with Gasteiger partial charge in [-0.3, -0.25) is 9.59 Å². The summed E-state index contributed by atoms with van der Waals surface area (Å²) >= 11 is 0. The molecule has 0 aromatic heterocycles. The van der Waals surface area contributed by atoms with Gasteiger partial charge in [-0.05, 0) is 32.4 Å². The highest BCUT2D eigenvalue weighted by molar-refractivity contribution is 6.26. The number of carbonyl (C=O) groups is 2. The topological polar surface area (TPSA) is 94.8 Å². The van der Waals surface area contributed by atoms with Crippen LogP contribution in [0.5, 0.6) is 11.5 Å². The predicted molar refractivity (Wildman–Crippen MR) is 76.6 cm³/mol. The van der Waals surface area contributed by atoms with Gasteiger partial charge in [0.25, 0.3) is 0 Å². The summed E-state index contributed by atoms with van der Waals surface area (Å²) in [6, 6.07) is 2.13. The van der Waals surface area contributed by atoms with E-state index in [0.29, 0.717) is 0 Å². The van der Waals surface area contributed by atoms with Gasteiger partial charge in [0.05, 0.1) is 11.7 Å². The number of hydrogen-bond donors (Lipinski definition) is 3. The van der Waals surface area contributed by atoms with Crippen molar-refractivity contribution in [1.82, 2.24) is 0 Å². The maximum absolute atomic E-state index is 12.3. The molecule has 2 rings (SSSR count). The van der Waals surface area contributed by atoms with Crippen LogP contribution >= 0.6 is 0 Å². The van der Waals surface area contributed by atoms with Gasteiger partial charge in [0.15, 0.2) is 11.6 Å². The number of rotatable bonds is 3. The Hall–Kier alpha value is -2.40. The molecule has 0 spiro atoms. The van der Waals surface area contributed by atoms with Gasteiger partial charge < -0.3 is 15.3 Å². The van der Waals surface area contributed by atoms with E-state index in [4.69, 9.17) is 0 Å². The molecule has 3 N–H and O–H groups in total. The second-order valence-corrected chi connectivity index (χ2v) is 5.21. The average Bonchev–Trinajstić information content (AvgIpc) is 2.39. The van der Waals surface area contributed by atoms with Crippen molar-refractivity contribution in [2.75, 3.05) is 0 Å². The number of aliphatic hydroxyl groups is 1. The average molecular weight is 288 g/mol. The molecular formula is C16H16O5. The number of phenols is 2. The Balaban J connectivity index is 2.43. The van der Waals surface area contributed by atoms with Crippen LogP contribution in [0.15, 0.2) is 35.4 Å². The number of hydrogen-bond acceptors (Lipinski definition) is 5. The van der Waals surface area contributed by atoms with Crippen LogP contribution in [0.2, 0.25) is 0 Å². The Bertz CT molecular complexity index is 678. The monoisotopic (exact) mass is 288 g/mol. The molecule has 0 aliphatic heterocycles. The van der Waals surface area contributed by atoms with E-state index >= 15 is 0 Å². The molecule has 0 heterocycles. The maximum Gasteiger partial charge on any atom is 0.196 e. The second kappa shape index (κ2) is 5.54. The smallest absolute Gasteiger partial charge is 0.196 e. The van der Waals surface area contributed by atoms with E-state index in [0.717, 1.165) is 23.8 Å². The number of benzene rings is 1. The van der Waals surface area contributed by atoms with Crippen LogP contribution in [0.4, 0.5) is 0 Å². The Morgan fingerprint density at radius 3 is 2.52 bits per heavy atom. The molecule has 110 valence electrons. The Kier molecular flexibility index (Phi) is 3.95. The first-order chi connectivity index (χ1) is 9.81. The summed E-state index contributed by atoms with van der Waals surface area (Å²) in [5.74, 6) is -1.89. The third-order valence-electron chi connectivity index (χ3n) is 3.25. The van der Waals surface area contributed by atoms with Crippen LogP contribution in [0.1, 0.15) is 41.0 Å². The number of carbonyl (C=O) groups excluding carboxylic acids is 2. The van der Waals surface area contributed by atoms with Crippen molar-refractivity contribution in [2.45, 2.75) is 26.4 Å². The first-order valence-electron chi connectivity index (χ1n) is 6.49. The largest absolute Gasteiger partial charge is 0.508 e. The summed E-state index contributed by atoms with van der Waals surface area (Å²) in [5, 5.41) is 29.2. The number of aromatic hydroxyl groups is 2. The lowest BCUT2D eigenvalue weighted by atomic mass is 9.85. The standard InChI is InChI=1S/C16H16O5/c1-8(2)3-4-12(18)11-7-13(19)10-5-9(17)6-14(20)15(10)16(11)21/h3,5-7,12,17-18,20H,4H2,1-2H3. The molecule has 0 saturated heterocycles. The highest BCUT2D eigenvalue weighted by Crippen LogP contribution is 2.33. The molecule has 0 saturated carbocycles. The van der Waals surface area contributed by atoms with Gasteiger partial charge in [-0.1, -0.05) is 11.6 Å². The van der Waals surface area contributed by atoms with Crippen LogP contribution in [0.25, 0.3) is 0 Å². The van der Waals surface area contributed by atoms with Crippen LogP contribution in [0.3, 0.4) is 0 Å². The van der Waals surface area contributed by atoms with Crippen molar-refractivity contribution in [3.05, 3.63) is 46.6 Å². The van der Waals surface area contributed by atoms with Gasteiger partial charge in [0, 0.05) is 17.2 Å². The first kappa shape index (κ1) is 15.0. The zero-order valence-electron chi connectivity index (χ0n) is 11.8. The molecule has 0 bridgehead atoms. The van der Waals surface area contributed by atoms with E-state index in [2.05, 4.69) is 0 Å². The molecule has 0 amide bonds. The molecule has 1 aliphatic rings. The fourth-order valence-corrected chi connectivity index (χ4v) is 2.20. The minimum atomic E-state index is -1.11. The summed E-state index contributed by atoms with van der Waals surface area (Å²) in [5.41, 5.74) is 0.700. The highest BCUT2D eigenvalue weighted by atomic mass is 16.3. The second-order valence-electron chi connectivity index (χ2n) is 5.21. The normalized spacial score (nSPS) is 15.3. The van der Waals surface area contributed by atoms with E-state index in [9.17, 15) is 24.9 Å². The van der Waals surface area contributed by atoms with Gasteiger partial charge in [0.2, 0.25) is 0 Å². The van der Waals surface area contributed by atoms with Crippen LogP contribution < -0.4 is 0 Å². The number of fused-ring (bicyclic) bond motifs is 1. The molecule has 1 unspecified atom stereocenters. The number of ketones is 2. The lowest BCUT2D eigenvalue weighted by Crippen LogP contribution is -2.25. The van der Waals surface area contributed by atoms with Crippen LogP contribution in [-0.2, 0) is 0 Å². The molecule has 1 aromatic carbocycles. The molecule has 1 aliphatic carbocycles. The molecule has 0 fully saturated rings. The van der Waals surface area contributed by atoms with E-state index in [-0.39, 0.29) is 28.9 Å². The van der Waals surface area contributed by atoms with E-state index in [1.165, 1.54) is 0 Å². The lowest BCUT2D eigenvalue weighted by Gasteiger charge is -2.19. The van der Waals surface area contributed by atoms with Crippen molar-refractivity contribution in [3.8, 4) is 11.5 Å². The number of aliphatic hydroxyl groups excluding tert-OH is 1. The van der Waals surface area contributed by atoms with Crippen LogP contribution in [-0.4, -0.2) is 33.0 Å². The van der Waals surface area contributed by atoms with Gasteiger partial charge in [-0.15, -0.1) is 0 Å². The summed E-state index contributed by atoms with van der Waals surface area (Å²) in [6.45, 7) is 3.72. The fourth-order valence-electron chi connectivity index (χ4n) is 2.20. The molecule has 5 nitrogen and oxygen atoms in total. The minimum Gasteiger partial charge on any atom is -0.508 e. The summed E-state index contributed by atoms with van der Waals surface area (Å²) in [6.07, 6.45) is 1.92. The number of allylic oxidation sites excluding steroid dienone is 2. The van der Waals surface area contributed by atoms with Crippen molar-refractivity contribution >= 4 is 11.6 Å². The summed E-state index contributed by atoms with van der Waals surface area (Å²) < 4.78 is 0. The zero-order valence-corrected chi connectivity index (χ0v) is 11.8. The lowest BCUT2D eigenvalue weighted by molar-refractivity contribution is 0.0945. The SMILES string of the molecule is CC(C)=CCC(O)C1=CC(=O)c2cc(O)cc(O)c2C1=O. The number of phenolic OH excluding ortho intramolecular Hbond substituents is 2. The highest BCUT2D eigenvalue weighted by Gasteiger charge is 2.32.